The Morgan fingerprint density at radius 1 is 1.69 bits per heavy atom. The van der Waals surface area contributed by atoms with Crippen molar-refractivity contribution in [1.82, 2.24) is 10.3 Å². The molecule has 5 heteroatoms. The van der Waals surface area contributed by atoms with Crippen molar-refractivity contribution < 1.29 is 4.79 Å². The normalized spacial score (nSPS) is 20.5. The molecule has 1 aliphatic heterocycles. The molecule has 0 bridgehead atoms. The number of carbonyl (C=O) groups is 1. The summed E-state index contributed by atoms with van der Waals surface area (Å²) in [5.41, 5.74) is 6.79. The third-order valence-electron chi connectivity index (χ3n) is 1.75. The minimum atomic E-state index is -0.220. The standard InChI is InChI=1S/C5H10N2O.C3H3NS/c6-5(8)4-2-1-3-7-4;1-2-5-3-4-1/h4,7H,1-3H2,(H2,6,8);1-3H. The molecule has 0 aromatic carbocycles. The molecular weight excluding hydrogens is 186 g/mol. The second-order valence-electron chi connectivity index (χ2n) is 2.73. The van der Waals surface area contributed by atoms with Crippen LogP contribution >= 0.6 is 11.3 Å². The summed E-state index contributed by atoms with van der Waals surface area (Å²) in [5, 5.41) is 4.91. The fourth-order valence-corrected chi connectivity index (χ4v) is 1.45. The summed E-state index contributed by atoms with van der Waals surface area (Å²) in [6.07, 6.45) is 3.76. The number of nitrogens with two attached hydrogens (primary N) is 1. The van der Waals surface area contributed by atoms with Gasteiger partial charge in [-0.3, -0.25) is 9.78 Å². The van der Waals surface area contributed by atoms with Crippen LogP contribution in [-0.2, 0) is 4.79 Å². The van der Waals surface area contributed by atoms with E-state index in [4.69, 9.17) is 5.73 Å². The van der Waals surface area contributed by atoms with Crippen LogP contribution < -0.4 is 11.1 Å². The molecule has 1 unspecified atom stereocenters. The van der Waals surface area contributed by atoms with Gasteiger partial charge in [-0.05, 0) is 19.4 Å². The number of primary amides is 1. The lowest BCUT2D eigenvalue weighted by Gasteiger charge is -2.01. The zero-order valence-electron chi connectivity index (χ0n) is 7.27. The van der Waals surface area contributed by atoms with Crippen LogP contribution in [0.25, 0.3) is 0 Å². The van der Waals surface area contributed by atoms with E-state index >= 15 is 0 Å². The Bertz CT molecular complexity index is 214. The number of nitrogens with zero attached hydrogens (tertiary/aromatic N) is 1. The molecule has 1 aromatic heterocycles. The molecule has 13 heavy (non-hydrogen) atoms. The average Bonchev–Trinajstić information content (AvgIpc) is 2.82. The first kappa shape index (κ1) is 10.1. The van der Waals surface area contributed by atoms with Gasteiger partial charge < -0.3 is 11.1 Å². The Balaban J connectivity index is 0.000000145. The highest BCUT2D eigenvalue weighted by Gasteiger charge is 2.18. The van der Waals surface area contributed by atoms with E-state index in [1.807, 2.05) is 5.38 Å². The molecule has 1 amide bonds. The second-order valence-corrected chi connectivity index (χ2v) is 3.48. The van der Waals surface area contributed by atoms with E-state index in [9.17, 15) is 4.79 Å². The first-order valence-electron chi connectivity index (χ1n) is 4.15. The van der Waals surface area contributed by atoms with Crippen LogP contribution in [0.2, 0.25) is 0 Å². The van der Waals surface area contributed by atoms with E-state index in [0.29, 0.717) is 0 Å². The third-order valence-corrected chi connectivity index (χ3v) is 2.27. The van der Waals surface area contributed by atoms with Crippen LogP contribution in [0, 0.1) is 0 Å². The summed E-state index contributed by atoms with van der Waals surface area (Å²) in [5.74, 6) is -0.220. The van der Waals surface area contributed by atoms with Gasteiger partial charge in [-0.2, -0.15) is 0 Å². The molecule has 1 saturated heterocycles. The monoisotopic (exact) mass is 199 g/mol. The van der Waals surface area contributed by atoms with Crippen molar-refractivity contribution in [1.29, 1.82) is 0 Å². The predicted molar refractivity (Wildman–Crippen MR) is 52.3 cm³/mol. The van der Waals surface area contributed by atoms with Crippen molar-refractivity contribution in [3.8, 4) is 0 Å². The van der Waals surface area contributed by atoms with Crippen LogP contribution in [0.5, 0.6) is 0 Å². The molecule has 1 aromatic rings. The summed E-state index contributed by atoms with van der Waals surface area (Å²) >= 11 is 1.60. The first-order valence-corrected chi connectivity index (χ1v) is 5.10. The van der Waals surface area contributed by atoms with E-state index < -0.39 is 0 Å². The van der Waals surface area contributed by atoms with Crippen LogP contribution in [0.3, 0.4) is 0 Å². The largest absolute Gasteiger partial charge is 0.368 e. The van der Waals surface area contributed by atoms with Gasteiger partial charge in [-0.1, -0.05) is 0 Å². The highest BCUT2D eigenvalue weighted by molar-refractivity contribution is 7.07. The van der Waals surface area contributed by atoms with Gasteiger partial charge in [0, 0.05) is 11.6 Å². The number of thiazole rings is 1. The van der Waals surface area contributed by atoms with Gasteiger partial charge >= 0.3 is 0 Å². The molecule has 1 atom stereocenters. The van der Waals surface area contributed by atoms with Crippen molar-refractivity contribution in [2.24, 2.45) is 5.73 Å². The van der Waals surface area contributed by atoms with Crippen LogP contribution in [0.1, 0.15) is 12.8 Å². The SMILES string of the molecule is NC(=O)C1CCCN1.c1cscn1. The molecule has 0 radical (unpaired) electrons. The molecule has 0 saturated carbocycles. The van der Waals surface area contributed by atoms with E-state index in [2.05, 4.69) is 10.3 Å². The maximum atomic E-state index is 10.4. The maximum Gasteiger partial charge on any atom is 0.234 e. The number of hydrogen-bond donors (Lipinski definition) is 2. The van der Waals surface area contributed by atoms with Gasteiger partial charge in [0.05, 0.1) is 11.6 Å². The Morgan fingerprint density at radius 3 is 2.77 bits per heavy atom. The molecule has 2 rings (SSSR count). The third kappa shape index (κ3) is 4.00. The predicted octanol–water partition coefficient (Wildman–Crippen LogP) is 0.367. The number of rotatable bonds is 1. The van der Waals surface area contributed by atoms with Gasteiger partial charge in [-0.25, -0.2) is 0 Å². The Morgan fingerprint density at radius 2 is 2.54 bits per heavy atom. The van der Waals surface area contributed by atoms with Gasteiger partial charge in [0.25, 0.3) is 0 Å². The minimum absolute atomic E-state index is 0.0463. The average molecular weight is 199 g/mol. The first-order chi connectivity index (χ1) is 6.30. The highest BCUT2D eigenvalue weighted by atomic mass is 32.1. The minimum Gasteiger partial charge on any atom is -0.368 e. The van der Waals surface area contributed by atoms with Gasteiger partial charge in [-0.15, -0.1) is 11.3 Å². The molecule has 72 valence electrons. The number of nitrogens with one attached hydrogen (secondary N) is 1. The lowest BCUT2D eigenvalue weighted by molar-refractivity contribution is -0.119. The van der Waals surface area contributed by atoms with Crippen molar-refractivity contribution in [2.75, 3.05) is 6.54 Å². The highest BCUT2D eigenvalue weighted by Crippen LogP contribution is 2.02. The van der Waals surface area contributed by atoms with Gasteiger partial charge in [0.1, 0.15) is 0 Å². The zero-order valence-corrected chi connectivity index (χ0v) is 8.09. The lowest BCUT2D eigenvalue weighted by atomic mass is 10.2. The van der Waals surface area contributed by atoms with Crippen LogP contribution in [-0.4, -0.2) is 23.5 Å². The summed E-state index contributed by atoms with van der Waals surface area (Å²) in [6.45, 7) is 0.938. The molecule has 2 heterocycles. The molecule has 1 fully saturated rings. The molecule has 3 N–H and O–H groups in total. The molecule has 4 nitrogen and oxygen atoms in total. The Hall–Kier alpha value is -0.940. The van der Waals surface area contributed by atoms with Crippen molar-refractivity contribution in [3.05, 3.63) is 17.1 Å². The molecular formula is C8H13N3OS. The van der Waals surface area contributed by atoms with E-state index in [-0.39, 0.29) is 11.9 Å². The second kappa shape index (κ2) is 5.66. The van der Waals surface area contributed by atoms with E-state index in [1.165, 1.54) is 0 Å². The molecule has 1 aliphatic rings. The van der Waals surface area contributed by atoms with Crippen LogP contribution in [0.4, 0.5) is 0 Å². The summed E-state index contributed by atoms with van der Waals surface area (Å²) < 4.78 is 0. The topological polar surface area (TPSA) is 68.0 Å². The summed E-state index contributed by atoms with van der Waals surface area (Å²) in [4.78, 5) is 14.1. The summed E-state index contributed by atoms with van der Waals surface area (Å²) in [6, 6.07) is -0.0463. The van der Waals surface area contributed by atoms with Crippen molar-refractivity contribution >= 4 is 17.2 Å². The van der Waals surface area contributed by atoms with E-state index in [1.54, 1.807) is 23.0 Å². The van der Waals surface area contributed by atoms with Gasteiger partial charge in [0.15, 0.2) is 0 Å². The van der Waals surface area contributed by atoms with E-state index in [0.717, 1.165) is 19.4 Å². The number of hydrogen-bond acceptors (Lipinski definition) is 4. The lowest BCUT2D eigenvalue weighted by Crippen LogP contribution is -2.36. The van der Waals surface area contributed by atoms with Crippen LogP contribution in [0.15, 0.2) is 17.1 Å². The van der Waals surface area contributed by atoms with Crippen molar-refractivity contribution in [3.63, 3.8) is 0 Å². The number of aromatic nitrogens is 1. The molecule has 0 spiro atoms. The molecule has 0 aliphatic carbocycles. The van der Waals surface area contributed by atoms with Gasteiger partial charge in [0.2, 0.25) is 5.91 Å². The fraction of sp³-hybridized carbons (Fsp3) is 0.500. The smallest absolute Gasteiger partial charge is 0.234 e. The number of amides is 1. The fourth-order valence-electron chi connectivity index (χ4n) is 1.10. The van der Waals surface area contributed by atoms with Crippen molar-refractivity contribution in [2.45, 2.75) is 18.9 Å². The summed E-state index contributed by atoms with van der Waals surface area (Å²) in [7, 11) is 0. The zero-order chi connectivity index (χ0) is 9.52. The quantitative estimate of drug-likeness (QED) is 0.686. The Labute approximate surface area is 81.2 Å². The maximum absolute atomic E-state index is 10.4. The number of carbonyl (C=O) groups excluding carboxylic acids is 1. The Kier molecular flexibility index (Phi) is 4.42.